The highest BCUT2D eigenvalue weighted by atomic mass is 16.5. The zero-order valence-electron chi connectivity index (χ0n) is 9.26. The van der Waals surface area contributed by atoms with Crippen LogP contribution in [0.2, 0.25) is 0 Å². The Hall–Kier alpha value is -0.860. The molecule has 2 aliphatic carbocycles. The number of fused-ring (bicyclic) bond motifs is 2. The fraction of sp³-hybridized carbons (Fsp3) is 0.818. The number of nitrogens with zero attached hydrogens (tertiary/aromatic N) is 1. The van der Waals surface area contributed by atoms with Gasteiger partial charge in [0.2, 0.25) is 11.5 Å². The van der Waals surface area contributed by atoms with Gasteiger partial charge >= 0.3 is 0 Å². The minimum atomic E-state index is -0.300. The standard InChI is InChI=1S/C11H17NO2/c1-10(2)7-5-6-11(10,3)9(13)8(7)12(4)14/h7H,5-6H2,1-4H3/b12-8+/t7-,11-/m1/s1. The van der Waals surface area contributed by atoms with Crippen molar-refractivity contribution in [2.45, 2.75) is 33.6 Å². The van der Waals surface area contributed by atoms with E-state index >= 15 is 0 Å². The highest BCUT2D eigenvalue weighted by molar-refractivity contribution is 6.43. The maximum Gasteiger partial charge on any atom is 0.234 e. The number of hydroxylamine groups is 1. The van der Waals surface area contributed by atoms with Crippen molar-refractivity contribution in [3.63, 3.8) is 0 Å². The maximum atomic E-state index is 12.1. The lowest BCUT2D eigenvalue weighted by atomic mass is 9.70. The molecule has 0 aliphatic heterocycles. The molecule has 0 radical (unpaired) electrons. The summed E-state index contributed by atoms with van der Waals surface area (Å²) in [6.07, 6.45) is 1.91. The Bertz CT molecular complexity index is 339. The van der Waals surface area contributed by atoms with Crippen LogP contribution in [-0.2, 0) is 4.79 Å². The van der Waals surface area contributed by atoms with Crippen LogP contribution in [0, 0.1) is 22.0 Å². The Balaban J connectivity index is 2.61. The van der Waals surface area contributed by atoms with E-state index in [0.717, 1.165) is 17.6 Å². The van der Waals surface area contributed by atoms with Crippen LogP contribution < -0.4 is 0 Å². The van der Waals surface area contributed by atoms with E-state index in [2.05, 4.69) is 13.8 Å². The quantitative estimate of drug-likeness (QED) is 0.335. The van der Waals surface area contributed by atoms with Gasteiger partial charge in [0.1, 0.15) is 7.05 Å². The van der Waals surface area contributed by atoms with Crippen LogP contribution in [0.1, 0.15) is 33.6 Å². The number of hydrogen-bond acceptors (Lipinski definition) is 2. The number of ketones is 1. The third kappa shape index (κ3) is 0.787. The average Bonchev–Trinajstić information content (AvgIpc) is 2.35. The molecular formula is C11H17NO2. The molecule has 2 atom stereocenters. The van der Waals surface area contributed by atoms with Gasteiger partial charge in [-0.05, 0) is 18.3 Å². The smallest absolute Gasteiger partial charge is 0.234 e. The number of carbonyl (C=O) groups excluding carboxylic acids is 1. The van der Waals surface area contributed by atoms with Gasteiger partial charge in [0.15, 0.2) is 0 Å². The lowest BCUT2D eigenvalue weighted by Gasteiger charge is -2.30. The van der Waals surface area contributed by atoms with Gasteiger partial charge in [-0.3, -0.25) is 4.79 Å². The van der Waals surface area contributed by atoms with Gasteiger partial charge in [-0.15, -0.1) is 0 Å². The van der Waals surface area contributed by atoms with Crippen molar-refractivity contribution < 1.29 is 9.53 Å². The fourth-order valence-electron chi connectivity index (χ4n) is 3.19. The van der Waals surface area contributed by atoms with E-state index in [0.29, 0.717) is 5.71 Å². The molecule has 0 aromatic carbocycles. The zero-order valence-corrected chi connectivity index (χ0v) is 9.26. The van der Waals surface area contributed by atoms with Crippen molar-refractivity contribution in [2.75, 3.05) is 7.05 Å². The van der Waals surface area contributed by atoms with E-state index in [-0.39, 0.29) is 22.5 Å². The van der Waals surface area contributed by atoms with Crippen LogP contribution in [-0.4, -0.2) is 23.3 Å². The molecule has 0 aromatic heterocycles. The molecule has 0 saturated heterocycles. The molecule has 3 heteroatoms. The molecule has 78 valence electrons. The molecule has 2 rings (SSSR count). The first-order valence-electron chi connectivity index (χ1n) is 5.15. The summed E-state index contributed by atoms with van der Waals surface area (Å²) in [4.78, 5) is 12.1. The lowest BCUT2D eigenvalue weighted by molar-refractivity contribution is -0.424. The molecule has 3 nitrogen and oxygen atoms in total. The number of carbonyl (C=O) groups is 1. The first-order valence-corrected chi connectivity index (χ1v) is 5.15. The minimum absolute atomic E-state index is 0.0436. The number of rotatable bonds is 0. The zero-order chi connectivity index (χ0) is 10.7. The summed E-state index contributed by atoms with van der Waals surface area (Å²) in [5, 5.41) is 11.3. The summed E-state index contributed by atoms with van der Waals surface area (Å²) in [5.41, 5.74) is 0.160. The molecule has 2 aliphatic rings. The van der Waals surface area contributed by atoms with Crippen molar-refractivity contribution in [3.8, 4) is 0 Å². The summed E-state index contributed by atoms with van der Waals surface area (Å²) < 4.78 is 0.777. The molecule has 0 amide bonds. The van der Waals surface area contributed by atoms with Crippen molar-refractivity contribution in [1.82, 2.24) is 0 Å². The minimum Gasteiger partial charge on any atom is -0.624 e. The highest BCUT2D eigenvalue weighted by Crippen LogP contribution is 2.62. The summed E-state index contributed by atoms with van der Waals surface area (Å²) in [6.45, 7) is 6.23. The molecule has 0 unspecified atom stereocenters. The summed E-state index contributed by atoms with van der Waals surface area (Å²) in [6, 6.07) is 0. The van der Waals surface area contributed by atoms with Gasteiger partial charge in [-0.1, -0.05) is 20.8 Å². The molecule has 0 heterocycles. The van der Waals surface area contributed by atoms with Crippen LogP contribution in [0.15, 0.2) is 0 Å². The normalized spacial score (nSPS) is 43.1. The van der Waals surface area contributed by atoms with Crippen LogP contribution >= 0.6 is 0 Å². The summed E-state index contributed by atoms with van der Waals surface area (Å²) >= 11 is 0. The Kier molecular flexibility index (Phi) is 1.65. The van der Waals surface area contributed by atoms with Gasteiger partial charge in [-0.2, -0.15) is 0 Å². The van der Waals surface area contributed by atoms with Crippen LogP contribution in [0.3, 0.4) is 0 Å². The second kappa shape index (κ2) is 2.38. The lowest BCUT2D eigenvalue weighted by Crippen LogP contribution is -2.35. The van der Waals surface area contributed by atoms with E-state index in [4.69, 9.17) is 0 Å². The van der Waals surface area contributed by atoms with Crippen molar-refractivity contribution in [1.29, 1.82) is 0 Å². The Labute approximate surface area is 84.4 Å². The van der Waals surface area contributed by atoms with E-state index in [1.54, 1.807) is 0 Å². The van der Waals surface area contributed by atoms with Crippen LogP contribution in [0.5, 0.6) is 0 Å². The molecular weight excluding hydrogens is 178 g/mol. The second-order valence-corrected chi connectivity index (χ2v) is 5.36. The summed E-state index contributed by atoms with van der Waals surface area (Å²) in [5.74, 6) is 0.249. The van der Waals surface area contributed by atoms with Crippen LogP contribution in [0.4, 0.5) is 0 Å². The first kappa shape index (κ1) is 9.69. The fourth-order valence-corrected chi connectivity index (χ4v) is 3.19. The SMILES string of the molecule is C/[N+]([O-])=C1\C(=O)[C@@]2(C)CC[C@H]1C2(C)C. The van der Waals surface area contributed by atoms with Gasteiger partial charge in [-0.25, -0.2) is 4.74 Å². The monoisotopic (exact) mass is 195 g/mol. The maximum absolute atomic E-state index is 12.1. The molecule has 0 aromatic rings. The molecule has 0 spiro atoms. The predicted octanol–water partition coefficient (Wildman–Crippen LogP) is 1.59. The average molecular weight is 195 g/mol. The number of Topliss-reactive ketones (excluding diaryl/α,β-unsaturated/α-hetero) is 1. The van der Waals surface area contributed by atoms with Crippen molar-refractivity contribution >= 4 is 11.5 Å². The Morgan fingerprint density at radius 3 is 2.29 bits per heavy atom. The molecule has 2 fully saturated rings. The number of hydrogen-bond donors (Lipinski definition) is 0. The van der Waals surface area contributed by atoms with Gasteiger partial charge in [0.25, 0.3) is 0 Å². The molecule has 14 heavy (non-hydrogen) atoms. The molecule has 2 bridgehead atoms. The molecule has 2 saturated carbocycles. The Morgan fingerprint density at radius 2 is 2.00 bits per heavy atom. The van der Waals surface area contributed by atoms with Gasteiger partial charge in [0, 0.05) is 5.41 Å². The van der Waals surface area contributed by atoms with E-state index in [9.17, 15) is 10.0 Å². The van der Waals surface area contributed by atoms with Crippen LogP contribution in [0.25, 0.3) is 0 Å². The van der Waals surface area contributed by atoms with Crippen molar-refractivity contribution in [2.24, 2.45) is 16.7 Å². The van der Waals surface area contributed by atoms with Crippen molar-refractivity contribution in [3.05, 3.63) is 5.21 Å². The third-order valence-corrected chi connectivity index (χ3v) is 4.63. The van der Waals surface area contributed by atoms with Gasteiger partial charge in [0.05, 0.1) is 5.92 Å². The van der Waals surface area contributed by atoms with E-state index in [1.165, 1.54) is 7.05 Å². The Morgan fingerprint density at radius 1 is 1.43 bits per heavy atom. The second-order valence-electron chi connectivity index (χ2n) is 5.36. The van der Waals surface area contributed by atoms with E-state index < -0.39 is 0 Å². The molecule has 0 N–H and O–H groups in total. The topological polar surface area (TPSA) is 43.1 Å². The summed E-state index contributed by atoms with van der Waals surface area (Å²) in [7, 11) is 1.44. The van der Waals surface area contributed by atoms with Gasteiger partial charge < -0.3 is 5.21 Å². The first-order chi connectivity index (χ1) is 6.32. The van der Waals surface area contributed by atoms with E-state index in [1.807, 2.05) is 6.92 Å². The predicted molar refractivity (Wildman–Crippen MR) is 54.2 cm³/mol. The highest BCUT2D eigenvalue weighted by Gasteiger charge is 2.68. The third-order valence-electron chi connectivity index (χ3n) is 4.63. The largest absolute Gasteiger partial charge is 0.624 e.